The first-order valence-corrected chi connectivity index (χ1v) is 8.12. The summed E-state index contributed by atoms with van der Waals surface area (Å²) in [6.07, 6.45) is 5.58. The van der Waals surface area contributed by atoms with Gasteiger partial charge in [-0.2, -0.15) is 0 Å². The molecule has 23 heavy (non-hydrogen) atoms. The Kier molecular flexibility index (Phi) is 9.06. The van der Waals surface area contributed by atoms with Gasteiger partial charge in [-0.05, 0) is 30.0 Å². The van der Waals surface area contributed by atoms with Gasteiger partial charge in [0.05, 0.1) is 0 Å². The van der Waals surface area contributed by atoms with Crippen molar-refractivity contribution >= 4 is 35.6 Å². The first kappa shape index (κ1) is 19.8. The minimum absolute atomic E-state index is 0. The molecule has 0 amide bonds. The fourth-order valence-corrected chi connectivity index (χ4v) is 2.44. The lowest BCUT2D eigenvalue weighted by Gasteiger charge is -2.19. The number of benzene rings is 1. The molecule has 1 aromatic carbocycles. The number of hydrogen-bond donors (Lipinski definition) is 2. The van der Waals surface area contributed by atoms with Crippen LogP contribution in [0.15, 0.2) is 41.4 Å². The summed E-state index contributed by atoms with van der Waals surface area (Å²) in [5.74, 6) is 1.57. The second kappa shape index (κ2) is 10.5. The van der Waals surface area contributed by atoms with Gasteiger partial charge < -0.3 is 15.5 Å². The SMILES string of the molecule is CN=C(NCCC(C)C)NCc1cccc(N2CC=CC2)c1.I. The van der Waals surface area contributed by atoms with Gasteiger partial charge in [0.25, 0.3) is 0 Å². The van der Waals surface area contributed by atoms with E-state index < -0.39 is 0 Å². The van der Waals surface area contributed by atoms with Gasteiger partial charge in [0, 0.05) is 38.9 Å². The van der Waals surface area contributed by atoms with Crippen LogP contribution in [0.1, 0.15) is 25.8 Å². The van der Waals surface area contributed by atoms with E-state index in [4.69, 9.17) is 0 Å². The molecule has 0 saturated heterocycles. The molecule has 2 rings (SSSR count). The Balaban J connectivity index is 0.00000264. The molecule has 0 radical (unpaired) electrons. The van der Waals surface area contributed by atoms with Crippen LogP contribution in [-0.2, 0) is 6.54 Å². The summed E-state index contributed by atoms with van der Waals surface area (Å²) in [4.78, 5) is 6.63. The fourth-order valence-electron chi connectivity index (χ4n) is 2.44. The molecule has 4 nitrogen and oxygen atoms in total. The van der Waals surface area contributed by atoms with Crippen molar-refractivity contribution in [3.8, 4) is 0 Å². The van der Waals surface area contributed by atoms with Crippen molar-refractivity contribution in [2.45, 2.75) is 26.8 Å². The number of halogens is 1. The Morgan fingerprint density at radius 1 is 1.22 bits per heavy atom. The molecule has 0 unspecified atom stereocenters. The second-order valence-corrected chi connectivity index (χ2v) is 6.08. The van der Waals surface area contributed by atoms with Crippen LogP contribution in [0.25, 0.3) is 0 Å². The molecule has 0 fully saturated rings. The predicted octanol–water partition coefficient (Wildman–Crippen LogP) is 3.39. The first-order valence-electron chi connectivity index (χ1n) is 8.12. The number of hydrogen-bond acceptors (Lipinski definition) is 2. The first-order chi connectivity index (χ1) is 10.7. The third-order valence-corrected chi connectivity index (χ3v) is 3.79. The molecular weight excluding hydrogens is 399 g/mol. The second-order valence-electron chi connectivity index (χ2n) is 6.08. The van der Waals surface area contributed by atoms with E-state index in [2.05, 4.69) is 70.8 Å². The lowest BCUT2D eigenvalue weighted by atomic mass is 10.1. The quantitative estimate of drug-likeness (QED) is 0.316. The van der Waals surface area contributed by atoms with Crippen LogP contribution in [0.3, 0.4) is 0 Å². The van der Waals surface area contributed by atoms with E-state index >= 15 is 0 Å². The summed E-state index contributed by atoms with van der Waals surface area (Å²) >= 11 is 0. The number of nitrogens with one attached hydrogen (secondary N) is 2. The Morgan fingerprint density at radius 2 is 1.96 bits per heavy atom. The zero-order chi connectivity index (χ0) is 15.8. The van der Waals surface area contributed by atoms with Crippen LogP contribution in [-0.4, -0.2) is 32.6 Å². The van der Waals surface area contributed by atoms with Gasteiger partial charge in [0.15, 0.2) is 5.96 Å². The molecule has 5 heteroatoms. The van der Waals surface area contributed by atoms with Gasteiger partial charge in [-0.15, -0.1) is 24.0 Å². The lowest BCUT2D eigenvalue weighted by molar-refractivity contribution is 0.573. The number of anilines is 1. The van der Waals surface area contributed by atoms with Gasteiger partial charge in [-0.25, -0.2) is 0 Å². The molecule has 0 spiro atoms. The molecule has 0 atom stereocenters. The molecule has 1 aliphatic rings. The highest BCUT2D eigenvalue weighted by Gasteiger charge is 2.08. The van der Waals surface area contributed by atoms with Crippen LogP contribution in [0, 0.1) is 5.92 Å². The molecule has 1 aromatic rings. The topological polar surface area (TPSA) is 39.7 Å². The molecule has 128 valence electrons. The van der Waals surface area contributed by atoms with E-state index in [1.165, 1.54) is 11.3 Å². The zero-order valence-electron chi connectivity index (χ0n) is 14.4. The van der Waals surface area contributed by atoms with Crippen LogP contribution in [0.2, 0.25) is 0 Å². The summed E-state index contributed by atoms with van der Waals surface area (Å²) < 4.78 is 0. The third-order valence-electron chi connectivity index (χ3n) is 3.79. The van der Waals surface area contributed by atoms with Crippen LogP contribution in [0.5, 0.6) is 0 Å². The van der Waals surface area contributed by atoms with Gasteiger partial charge in [-0.1, -0.05) is 38.1 Å². The monoisotopic (exact) mass is 428 g/mol. The number of rotatable bonds is 6. The molecular formula is C18H29IN4. The van der Waals surface area contributed by atoms with E-state index in [-0.39, 0.29) is 24.0 Å². The van der Waals surface area contributed by atoms with Gasteiger partial charge >= 0.3 is 0 Å². The highest BCUT2D eigenvalue weighted by Crippen LogP contribution is 2.18. The molecule has 2 N–H and O–H groups in total. The fraction of sp³-hybridized carbons (Fsp3) is 0.500. The maximum absolute atomic E-state index is 4.27. The summed E-state index contributed by atoms with van der Waals surface area (Å²) in [6.45, 7) is 8.23. The van der Waals surface area contributed by atoms with E-state index in [1.54, 1.807) is 0 Å². The normalized spacial score (nSPS) is 14.1. The minimum atomic E-state index is 0. The van der Waals surface area contributed by atoms with Crippen LogP contribution in [0.4, 0.5) is 5.69 Å². The largest absolute Gasteiger partial charge is 0.364 e. The van der Waals surface area contributed by atoms with E-state index in [9.17, 15) is 0 Å². The predicted molar refractivity (Wildman–Crippen MR) is 111 cm³/mol. The summed E-state index contributed by atoms with van der Waals surface area (Å²) in [6, 6.07) is 8.70. The van der Waals surface area contributed by atoms with Gasteiger partial charge in [0.2, 0.25) is 0 Å². The third kappa shape index (κ3) is 6.81. The Morgan fingerprint density at radius 3 is 2.61 bits per heavy atom. The molecule has 0 aromatic heterocycles. The Labute approximate surface area is 157 Å². The standard InChI is InChI=1S/C18H28N4.HI/c1-15(2)9-10-20-18(19-3)21-14-16-7-6-8-17(13-16)22-11-4-5-12-22;/h4-8,13,15H,9-12,14H2,1-3H3,(H2,19,20,21);1H. The molecule has 1 heterocycles. The summed E-state index contributed by atoms with van der Waals surface area (Å²) in [7, 11) is 1.82. The Bertz CT molecular complexity index is 518. The van der Waals surface area contributed by atoms with Crippen molar-refractivity contribution in [3.63, 3.8) is 0 Å². The highest BCUT2D eigenvalue weighted by molar-refractivity contribution is 14.0. The smallest absolute Gasteiger partial charge is 0.191 e. The van der Waals surface area contributed by atoms with E-state index in [0.717, 1.165) is 38.6 Å². The summed E-state index contributed by atoms with van der Waals surface area (Å²) in [5, 5.41) is 6.74. The minimum Gasteiger partial charge on any atom is -0.364 e. The van der Waals surface area contributed by atoms with Gasteiger partial charge in [0.1, 0.15) is 0 Å². The number of guanidine groups is 1. The van der Waals surface area contributed by atoms with Crippen molar-refractivity contribution < 1.29 is 0 Å². The average molecular weight is 428 g/mol. The summed E-state index contributed by atoms with van der Waals surface area (Å²) in [5.41, 5.74) is 2.56. The molecule has 1 aliphatic heterocycles. The van der Waals surface area contributed by atoms with Gasteiger partial charge in [-0.3, -0.25) is 4.99 Å². The van der Waals surface area contributed by atoms with Crippen molar-refractivity contribution in [1.29, 1.82) is 0 Å². The molecule has 0 aliphatic carbocycles. The van der Waals surface area contributed by atoms with E-state index in [0.29, 0.717) is 5.92 Å². The number of nitrogens with zero attached hydrogens (tertiary/aromatic N) is 2. The van der Waals surface area contributed by atoms with Crippen molar-refractivity contribution in [3.05, 3.63) is 42.0 Å². The maximum Gasteiger partial charge on any atom is 0.191 e. The van der Waals surface area contributed by atoms with Crippen LogP contribution >= 0.6 is 24.0 Å². The van der Waals surface area contributed by atoms with E-state index in [1.807, 2.05) is 7.05 Å². The van der Waals surface area contributed by atoms with Crippen molar-refractivity contribution in [2.75, 3.05) is 31.6 Å². The van der Waals surface area contributed by atoms with Crippen molar-refractivity contribution in [1.82, 2.24) is 10.6 Å². The highest BCUT2D eigenvalue weighted by atomic mass is 127. The zero-order valence-corrected chi connectivity index (χ0v) is 16.7. The maximum atomic E-state index is 4.27. The Hall–Kier alpha value is -1.24. The van der Waals surface area contributed by atoms with Crippen molar-refractivity contribution in [2.24, 2.45) is 10.9 Å². The number of aliphatic imine (C=N–C) groups is 1. The van der Waals surface area contributed by atoms with Crippen LogP contribution < -0.4 is 15.5 Å². The lowest BCUT2D eigenvalue weighted by Crippen LogP contribution is -2.37. The average Bonchev–Trinajstić information content (AvgIpc) is 3.05. The molecule has 0 bridgehead atoms. The molecule has 0 saturated carbocycles.